The Kier molecular flexibility index (Phi) is 3.90. The number of hydrogen-bond donors (Lipinski definition) is 1. The summed E-state index contributed by atoms with van der Waals surface area (Å²) in [4.78, 5) is 16.7. The van der Waals surface area contributed by atoms with Crippen LogP contribution in [0.5, 0.6) is 0 Å². The van der Waals surface area contributed by atoms with Crippen LogP contribution in [0, 0.1) is 0 Å². The minimum atomic E-state index is -0.178. The summed E-state index contributed by atoms with van der Waals surface area (Å²) in [5.74, 6) is -0.178. The molecule has 0 saturated heterocycles. The van der Waals surface area contributed by atoms with Crippen LogP contribution < -0.4 is 5.32 Å². The molecule has 0 bridgehead atoms. The molecule has 1 heterocycles. The van der Waals surface area contributed by atoms with Crippen LogP contribution in [0.2, 0.25) is 5.02 Å². The first-order chi connectivity index (χ1) is 10.1. The average Bonchev–Trinajstić information content (AvgIpc) is 2.50. The topological polar surface area (TPSA) is 42.0 Å². The highest BCUT2D eigenvalue weighted by molar-refractivity contribution is 9.10. The summed E-state index contributed by atoms with van der Waals surface area (Å²) < 4.78 is 0.738. The number of aromatic nitrogens is 1. The first-order valence-corrected chi connectivity index (χ1v) is 7.42. The molecule has 104 valence electrons. The lowest BCUT2D eigenvalue weighted by atomic mass is 10.1. The molecule has 3 rings (SSSR count). The second-order valence-electron chi connectivity index (χ2n) is 4.46. The van der Waals surface area contributed by atoms with E-state index >= 15 is 0 Å². The molecule has 3 nitrogen and oxygen atoms in total. The highest BCUT2D eigenvalue weighted by atomic mass is 79.9. The van der Waals surface area contributed by atoms with Crippen molar-refractivity contribution in [2.24, 2.45) is 0 Å². The van der Waals surface area contributed by atoms with Crippen molar-refractivity contribution in [1.29, 1.82) is 0 Å². The Morgan fingerprint density at radius 3 is 2.76 bits per heavy atom. The third-order valence-corrected chi connectivity index (χ3v) is 4.29. The first-order valence-electron chi connectivity index (χ1n) is 6.25. The Morgan fingerprint density at radius 1 is 1.14 bits per heavy atom. The molecule has 2 aromatic carbocycles. The number of carbonyl (C=O) groups is 1. The van der Waals surface area contributed by atoms with Crippen LogP contribution in [0.3, 0.4) is 0 Å². The molecule has 0 unspecified atom stereocenters. The van der Waals surface area contributed by atoms with Gasteiger partial charge in [-0.1, -0.05) is 29.8 Å². The lowest BCUT2D eigenvalue weighted by Crippen LogP contribution is -2.12. The van der Waals surface area contributed by atoms with Crippen molar-refractivity contribution in [3.63, 3.8) is 0 Å². The van der Waals surface area contributed by atoms with Crippen molar-refractivity contribution in [3.8, 4) is 0 Å². The summed E-state index contributed by atoms with van der Waals surface area (Å²) >= 11 is 9.28. The summed E-state index contributed by atoms with van der Waals surface area (Å²) in [7, 11) is 0. The number of carbonyl (C=O) groups excluding carboxylic acids is 1. The zero-order chi connectivity index (χ0) is 14.8. The molecular formula is C16H10BrClN2O. The van der Waals surface area contributed by atoms with E-state index in [0.29, 0.717) is 16.3 Å². The van der Waals surface area contributed by atoms with Gasteiger partial charge in [0.2, 0.25) is 0 Å². The van der Waals surface area contributed by atoms with Crippen molar-refractivity contribution in [1.82, 2.24) is 4.98 Å². The van der Waals surface area contributed by atoms with Gasteiger partial charge in [0, 0.05) is 21.7 Å². The number of rotatable bonds is 2. The minimum Gasteiger partial charge on any atom is -0.322 e. The van der Waals surface area contributed by atoms with E-state index in [2.05, 4.69) is 26.2 Å². The van der Waals surface area contributed by atoms with E-state index in [9.17, 15) is 4.79 Å². The van der Waals surface area contributed by atoms with Gasteiger partial charge in [0.15, 0.2) is 0 Å². The monoisotopic (exact) mass is 360 g/mol. The van der Waals surface area contributed by atoms with Crippen molar-refractivity contribution in [2.75, 3.05) is 5.32 Å². The Hall–Kier alpha value is -1.91. The number of para-hydroxylation sites is 1. The van der Waals surface area contributed by atoms with Crippen LogP contribution in [0.4, 0.5) is 5.69 Å². The number of nitrogens with one attached hydrogen (secondary N) is 1. The minimum absolute atomic E-state index is 0.178. The van der Waals surface area contributed by atoms with Gasteiger partial charge in [-0.05, 0) is 46.3 Å². The van der Waals surface area contributed by atoms with E-state index in [4.69, 9.17) is 11.6 Å². The van der Waals surface area contributed by atoms with Gasteiger partial charge in [-0.15, -0.1) is 0 Å². The van der Waals surface area contributed by atoms with E-state index in [1.54, 1.807) is 30.5 Å². The van der Waals surface area contributed by atoms with Crippen LogP contribution in [-0.4, -0.2) is 10.9 Å². The Balaban J connectivity index is 1.95. The van der Waals surface area contributed by atoms with Gasteiger partial charge in [-0.2, -0.15) is 0 Å². The largest absolute Gasteiger partial charge is 0.322 e. The fourth-order valence-electron chi connectivity index (χ4n) is 2.07. The SMILES string of the molecule is O=C(Nc1ccc(Cl)c(Br)c1)c1ccnc2ccccc12. The lowest BCUT2D eigenvalue weighted by molar-refractivity contribution is 0.102. The summed E-state index contributed by atoms with van der Waals surface area (Å²) in [6.45, 7) is 0. The molecule has 0 aliphatic rings. The number of halogens is 2. The fourth-order valence-corrected chi connectivity index (χ4v) is 2.56. The zero-order valence-corrected chi connectivity index (χ0v) is 13.1. The third-order valence-electron chi connectivity index (χ3n) is 3.07. The van der Waals surface area contributed by atoms with Gasteiger partial charge < -0.3 is 5.32 Å². The predicted octanol–water partition coefficient (Wildman–Crippen LogP) is 4.90. The van der Waals surface area contributed by atoms with Crippen LogP contribution >= 0.6 is 27.5 Å². The molecule has 5 heteroatoms. The van der Waals surface area contributed by atoms with Gasteiger partial charge in [0.25, 0.3) is 5.91 Å². The molecule has 1 N–H and O–H groups in total. The van der Waals surface area contributed by atoms with Gasteiger partial charge in [0.1, 0.15) is 0 Å². The maximum atomic E-state index is 12.4. The highest BCUT2D eigenvalue weighted by Crippen LogP contribution is 2.26. The zero-order valence-electron chi connectivity index (χ0n) is 10.8. The number of nitrogens with zero attached hydrogens (tertiary/aromatic N) is 1. The third kappa shape index (κ3) is 2.91. The molecule has 0 atom stereocenters. The van der Waals surface area contributed by atoms with Crippen molar-refractivity contribution < 1.29 is 4.79 Å². The lowest BCUT2D eigenvalue weighted by Gasteiger charge is -2.08. The molecule has 0 spiro atoms. The van der Waals surface area contributed by atoms with E-state index in [1.807, 2.05) is 24.3 Å². The van der Waals surface area contributed by atoms with Crippen LogP contribution in [0.25, 0.3) is 10.9 Å². The maximum absolute atomic E-state index is 12.4. The number of benzene rings is 2. The van der Waals surface area contributed by atoms with E-state index in [-0.39, 0.29) is 5.91 Å². The standard InChI is InChI=1S/C16H10BrClN2O/c17-13-9-10(5-6-14(13)18)20-16(21)12-7-8-19-15-4-2-1-3-11(12)15/h1-9H,(H,20,21). The van der Waals surface area contributed by atoms with Crippen molar-refractivity contribution in [2.45, 2.75) is 0 Å². The van der Waals surface area contributed by atoms with Crippen LogP contribution in [0.1, 0.15) is 10.4 Å². The Bertz CT molecular complexity index is 830. The summed E-state index contributed by atoms with van der Waals surface area (Å²) in [5.41, 5.74) is 2.06. The number of hydrogen-bond acceptors (Lipinski definition) is 2. The molecule has 0 aliphatic carbocycles. The maximum Gasteiger partial charge on any atom is 0.256 e. The Labute approximate surface area is 135 Å². The number of pyridine rings is 1. The molecule has 3 aromatic rings. The molecule has 21 heavy (non-hydrogen) atoms. The first kappa shape index (κ1) is 14.0. The number of anilines is 1. The smallest absolute Gasteiger partial charge is 0.256 e. The summed E-state index contributed by atoms with van der Waals surface area (Å²) in [6, 6.07) is 14.5. The average molecular weight is 362 g/mol. The van der Waals surface area contributed by atoms with Crippen LogP contribution in [0.15, 0.2) is 59.2 Å². The predicted molar refractivity (Wildman–Crippen MR) is 88.8 cm³/mol. The van der Waals surface area contributed by atoms with E-state index in [1.165, 1.54) is 0 Å². The molecule has 0 aliphatic heterocycles. The molecule has 0 radical (unpaired) electrons. The van der Waals surface area contributed by atoms with Gasteiger partial charge in [-0.3, -0.25) is 9.78 Å². The summed E-state index contributed by atoms with van der Waals surface area (Å²) in [6.07, 6.45) is 1.63. The Morgan fingerprint density at radius 2 is 1.95 bits per heavy atom. The second kappa shape index (κ2) is 5.84. The number of fused-ring (bicyclic) bond motifs is 1. The van der Waals surface area contributed by atoms with E-state index in [0.717, 1.165) is 15.4 Å². The quantitative estimate of drug-likeness (QED) is 0.705. The summed E-state index contributed by atoms with van der Waals surface area (Å²) in [5, 5.41) is 4.29. The molecule has 1 amide bonds. The van der Waals surface area contributed by atoms with Gasteiger partial charge in [-0.25, -0.2) is 0 Å². The highest BCUT2D eigenvalue weighted by Gasteiger charge is 2.11. The molecule has 0 fully saturated rings. The molecule has 0 saturated carbocycles. The fraction of sp³-hybridized carbons (Fsp3) is 0. The molecular weight excluding hydrogens is 352 g/mol. The van der Waals surface area contributed by atoms with Gasteiger partial charge >= 0.3 is 0 Å². The molecule has 1 aromatic heterocycles. The second-order valence-corrected chi connectivity index (χ2v) is 5.72. The van der Waals surface area contributed by atoms with Gasteiger partial charge in [0.05, 0.1) is 16.1 Å². The normalized spacial score (nSPS) is 10.6. The van der Waals surface area contributed by atoms with Crippen molar-refractivity contribution >= 4 is 50.0 Å². The number of amides is 1. The van der Waals surface area contributed by atoms with Crippen molar-refractivity contribution in [3.05, 3.63) is 69.8 Å². The van der Waals surface area contributed by atoms with Crippen LogP contribution in [-0.2, 0) is 0 Å². The van der Waals surface area contributed by atoms with E-state index < -0.39 is 0 Å².